The van der Waals surface area contributed by atoms with Crippen LogP contribution in [0.4, 0.5) is 4.79 Å². The van der Waals surface area contributed by atoms with Gasteiger partial charge in [0.2, 0.25) is 0 Å². The minimum absolute atomic E-state index is 0.171. The summed E-state index contributed by atoms with van der Waals surface area (Å²) >= 11 is 0. The molecule has 1 atom stereocenters. The van der Waals surface area contributed by atoms with Crippen molar-refractivity contribution in [3.63, 3.8) is 0 Å². The number of hydrogen-bond donors (Lipinski definition) is 0. The van der Waals surface area contributed by atoms with E-state index in [0.717, 1.165) is 58.0 Å². The number of urea groups is 1. The van der Waals surface area contributed by atoms with E-state index in [2.05, 4.69) is 6.92 Å². The van der Waals surface area contributed by atoms with Crippen molar-refractivity contribution in [1.29, 1.82) is 0 Å². The molecule has 0 N–H and O–H groups in total. The predicted molar refractivity (Wildman–Crippen MR) is 67.0 cm³/mol. The first-order valence-electron chi connectivity index (χ1n) is 6.82. The van der Waals surface area contributed by atoms with Crippen molar-refractivity contribution >= 4 is 6.03 Å². The highest BCUT2D eigenvalue weighted by Crippen LogP contribution is 2.18. The van der Waals surface area contributed by atoms with E-state index in [1.165, 1.54) is 0 Å². The fourth-order valence-electron chi connectivity index (χ4n) is 2.57. The smallest absolute Gasteiger partial charge is 0.320 e. The molecule has 0 bridgehead atoms. The quantitative estimate of drug-likeness (QED) is 0.648. The standard InChI is InChI=1S/C13H24N2O2/c1-11-4-7-14(8-5-11)13(16)15-6-3-9-17-12(2)10-15/h11-12H,3-10H2,1-2H3. The Kier molecular flexibility index (Phi) is 4.26. The van der Waals surface area contributed by atoms with E-state index in [1.807, 2.05) is 16.7 Å². The maximum atomic E-state index is 12.4. The average molecular weight is 240 g/mol. The van der Waals surface area contributed by atoms with Crippen LogP contribution in [0.1, 0.15) is 33.1 Å². The number of carbonyl (C=O) groups excluding carboxylic acids is 1. The Morgan fingerprint density at radius 2 is 1.82 bits per heavy atom. The van der Waals surface area contributed by atoms with E-state index in [4.69, 9.17) is 4.74 Å². The van der Waals surface area contributed by atoms with Crippen LogP contribution in [0.3, 0.4) is 0 Å². The molecule has 98 valence electrons. The number of carbonyl (C=O) groups is 1. The fourth-order valence-corrected chi connectivity index (χ4v) is 2.57. The summed E-state index contributed by atoms with van der Waals surface area (Å²) in [6, 6.07) is 0.217. The highest BCUT2D eigenvalue weighted by Gasteiger charge is 2.26. The van der Waals surface area contributed by atoms with Crippen LogP contribution in [0.25, 0.3) is 0 Å². The van der Waals surface area contributed by atoms with E-state index in [0.29, 0.717) is 0 Å². The molecule has 17 heavy (non-hydrogen) atoms. The SMILES string of the molecule is CC1CCN(C(=O)N2CCCOC(C)C2)CC1. The Morgan fingerprint density at radius 1 is 1.12 bits per heavy atom. The van der Waals surface area contributed by atoms with E-state index < -0.39 is 0 Å². The molecule has 0 aromatic carbocycles. The van der Waals surface area contributed by atoms with Crippen molar-refractivity contribution in [2.45, 2.75) is 39.2 Å². The van der Waals surface area contributed by atoms with Crippen LogP contribution < -0.4 is 0 Å². The van der Waals surface area contributed by atoms with E-state index >= 15 is 0 Å². The highest BCUT2D eigenvalue weighted by atomic mass is 16.5. The van der Waals surface area contributed by atoms with Gasteiger partial charge in [-0.3, -0.25) is 0 Å². The number of hydrogen-bond acceptors (Lipinski definition) is 2. The molecule has 0 radical (unpaired) electrons. The van der Waals surface area contributed by atoms with Crippen LogP contribution in [0.15, 0.2) is 0 Å². The summed E-state index contributed by atoms with van der Waals surface area (Å²) in [5, 5.41) is 0. The van der Waals surface area contributed by atoms with Gasteiger partial charge in [-0.25, -0.2) is 4.79 Å². The molecule has 1 unspecified atom stereocenters. The first-order valence-corrected chi connectivity index (χ1v) is 6.82. The molecule has 4 heteroatoms. The molecule has 2 fully saturated rings. The molecule has 0 aromatic heterocycles. The third-order valence-electron chi connectivity index (χ3n) is 3.78. The van der Waals surface area contributed by atoms with Gasteiger partial charge in [0, 0.05) is 32.8 Å². The van der Waals surface area contributed by atoms with Gasteiger partial charge in [0.15, 0.2) is 0 Å². The summed E-state index contributed by atoms with van der Waals surface area (Å²) in [4.78, 5) is 16.3. The second-order valence-electron chi connectivity index (χ2n) is 5.43. The highest BCUT2D eigenvalue weighted by molar-refractivity contribution is 5.74. The first kappa shape index (κ1) is 12.7. The molecule has 2 heterocycles. The molecule has 4 nitrogen and oxygen atoms in total. The largest absolute Gasteiger partial charge is 0.377 e. The van der Waals surface area contributed by atoms with Gasteiger partial charge in [-0.2, -0.15) is 0 Å². The zero-order valence-corrected chi connectivity index (χ0v) is 11.0. The summed E-state index contributed by atoms with van der Waals surface area (Å²) < 4.78 is 5.58. The van der Waals surface area contributed by atoms with Crippen molar-refractivity contribution < 1.29 is 9.53 Å². The lowest BCUT2D eigenvalue weighted by molar-refractivity contribution is 0.0665. The first-order chi connectivity index (χ1) is 8.16. The van der Waals surface area contributed by atoms with Gasteiger partial charge >= 0.3 is 6.03 Å². The van der Waals surface area contributed by atoms with Crippen molar-refractivity contribution in [3.8, 4) is 0 Å². The van der Waals surface area contributed by atoms with Gasteiger partial charge in [-0.15, -0.1) is 0 Å². The Hall–Kier alpha value is -0.770. The minimum atomic E-state index is 0.171. The lowest BCUT2D eigenvalue weighted by Crippen LogP contribution is -2.48. The van der Waals surface area contributed by atoms with Crippen molar-refractivity contribution in [3.05, 3.63) is 0 Å². The van der Waals surface area contributed by atoms with Gasteiger partial charge in [0.05, 0.1) is 6.10 Å². The Morgan fingerprint density at radius 3 is 2.53 bits per heavy atom. The monoisotopic (exact) mass is 240 g/mol. The number of piperidine rings is 1. The molecule has 0 aromatic rings. The number of ether oxygens (including phenoxy) is 1. The molecule has 2 saturated heterocycles. The van der Waals surface area contributed by atoms with Crippen LogP contribution in [-0.4, -0.2) is 54.7 Å². The second kappa shape index (κ2) is 5.71. The van der Waals surface area contributed by atoms with Crippen LogP contribution >= 0.6 is 0 Å². The van der Waals surface area contributed by atoms with Crippen LogP contribution in [0.5, 0.6) is 0 Å². The molecular weight excluding hydrogens is 216 g/mol. The fraction of sp³-hybridized carbons (Fsp3) is 0.923. The molecular formula is C13H24N2O2. The zero-order chi connectivity index (χ0) is 12.3. The van der Waals surface area contributed by atoms with Gasteiger partial charge in [-0.05, 0) is 32.1 Å². The third kappa shape index (κ3) is 3.35. The van der Waals surface area contributed by atoms with E-state index in [9.17, 15) is 4.79 Å². The zero-order valence-electron chi connectivity index (χ0n) is 11.0. The molecule has 2 aliphatic heterocycles. The minimum Gasteiger partial charge on any atom is -0.377 e. The summed E-state index contributed by atoms with van der Waals surface area (Å²) in [5.74, 6) is 0.769. The summed E-state index contributed by atoms with van der Waals surface area (Å²) in [6.45, 7) is 8.52. The molecule has 0 saturated carbocycles. The second-order valence-corrected chi connectivity index (χ2v) is 5.43. The number of rotatable bonds is 0. The predicted octanol–water partition coefficient (Wildman–Crippen LogP) is 1.95. The van der Waals surface area contributed by atoms with Crippen molar-refractivity contribution in [2.75, 3.05) is 32.8 Å². The van der Waals surface area contributed by atoms with Crippen LogP contribution in [-0.2, 0) is 4.74 Å². The van der Waals surface area contributed by atoms with E-state index in [-0.39, 0.29) is 12.1 Å². The number of likely N-dealkylation sites (tertiary alicyclic amines) is 1. The normalized spacial score (nSPS) is 28.0. The molecule has 0 aliphatic carbocycles. The lowest BCUT2D eigenvalue weighted by Gasteiger charge is -2.34. The molecule has 2 rings (SSSR count). The summed E-state index contributed by atoms with van der Waals surface area (Å²) in [7, 11) is 0. The van der Waals surface area contributed by atoms with Crippen molar-refractivity contribution in [1.82, 2.24) is 9.80 Å². The maximum absolute atomic E-state index is 12.4. The van der Waals surface area contributed by atoms with Crippen molar-refractivity contribution in [2.24, 2.45) is 5.92 Å². The molecule has 0 spiro atoms. The number of amides is 2. The Bertz CT molecular complexity index is 262. The third-order valence-corrected chi connectivity index (χ3v) is 3.78. The topological polar surface area (TPSA) is 32.8 Å². The summed E-state index contributed by atoms with van der Waals surface area (Å²) in [6.07, 6.45) is 3.42. The maximum Gasteiger partial charge on any atom is 0.320 e. The van der Waals surface area contributed by atoms with Gasteiger partial charge in [0.1, 0.15) is 0 Å². The Balaban J connectivity index is 1.89. The summed E-state index contributed by atoms with van der Waals surface area (Å²) in [5.41, 5.74) is 0. The molecule has 2 amide bonds. The van der Waals surface area contributed by atoms with E-state index in [1.54, 1.807) is 0 Å². The average Bonchev–Trinajstić information content (AvgIpc) is 2.54. The van der Waals surface area contributed by atoms with Gasteiger partial charge in [-0.1, -0.05) is 6.92 Å². The lowest BCUT2D eigenvalue weighted by atomic mass is 9.99. The van der Waals surface area contributed by atoms with Gasteiger partial charge < -0.3 is 14.5 Å². The van der Waals surface area contributed by atoms with Crippen LogP contribution in [0, 0.1) is 5.92 Å². The number of nitrogens with zero attached hydrogens (tertiary/aromatic N) is 2. The molecule has 2 aliphatic rings. The van der Waals surface area contributed by atoms with Gasteiger partial charge in [0.25, 0.3) is 0 Å². The Labute approximate surface area is 104 Å². The van der Waals surface area contributed by atoms with Crippen LogP contribution in [0.2, 0.25) is 0 Å².